The second-order valence-electron chi connectivity index (χ2n) is 3.79. The molecule has 2 rings (SSSR count). The van der Waals surface area contributed by atoms with Gasteiger partial charge in [0.15, 0.2) is 0 Å². The number of nitro benzene ring substituents is 1. The number of rotatable bonds is 3. The van der Waals surface area contributed by atoms with Gasteiger partial charge in [-0.15, -0.1) is 0 Å². The third-order valence-corrected chi connectivity index (χ3v) is 2.52. The van der Waals surface area contributed by atoms with Crippen LogP contribution in [0.1, 0.15) is 15.9 Å². The Kier molecular flexibility index (Phi) is 3.06. The molecule has 1 saturated heterocycles. The van der Waals surface area contributed by atoms with Crippen LogP contribution in [-0.2, 0) is 9.47 Å². The van der Waals surface area contributed by atoms with Crippen molar-refractivity contribution in [2.45, 2.75) is 13.0 Å². The first-order valence-electron chi connectivity index (χ1n) is 5.12. The van der Waals surface area contributed by atoms with Crippen LogP contribution in [0.5, 0.6) is 0 Å². The van der Waals surface area contributed by atoms with E-state index in [0.29, 0.717) is 18.8 Å². The molecular formula is C11H11NO5. The molecule has 0 saturated carbocycles. The first-order chi connectivity index (χ1) is 8.09. The molecule has 0 bridgehead atoms. The summed E-state index contributed by atoms with van der Waals surface area (Å²) in [6.07, 6.45) is -0.289. The van der Waals surface area contributed by atoms with Crippen LogP contribution in [0.4, 0.5) is 5.69 Å². The maximum atomic E-state index is 11.7. The van der Waals surface area contributed by atoms with Crippen molar-refractivity contribution in [3.05, 3.63) is 39.4 Å². The molecule has 0 aromatic heterocycles. The van der Waals surface area contributed by atoms with Crippen molar-refractivity contribution in [3.63, 3.8) is 0 Å². The Balaban J connectivity index is 2.27. The molecule has 1 heterocycles. The molecule has 17 heavy (non-hydrogen) atoms. The molecule has 0 radical (unpaired) electrons. The summed E-state index contributed by atoms with van der Waals surface area (Å²) in [7, 11) is 0. The van der Waals surface area contributed by atoms with Crippen LogP contribution in [0.3, 0.4) is 0 Å². The van der Waals surface area contributed by atoms with Crippen molar-refractivity contribution in [3.8, 4) is 0 Å². The molecular weight excluding hydrogens is 226 g/mol. The number of nitro groups is 1. The molecule has 0 spiro atoms. The Bertz CT molecular complexity index is 467. The predicted molar refractivity (Wildman–Crippen MR) is 57.9 cm³/mol. The summed E-state index contributed by atoms with van der Waals surface area (Å²) in [6, 6.07) is 4.57. The molecule has 1 fully saturated rings. The number of nitrogens with zero attached hydrogens (tertiary/aromatic N) is 1. The van der Waals surface area contributed by atoms with Gasteiger partial charge in [0, 0.05) is 5.56 Å². The minimum Gasteiger partial charge on any atom is -0.454 e. The Labute approximate surface area is 97.3 Å². The lowest BCUT2D eigenvalue weighted by molar-refractivity contribution is -0.385. The third-order valence-electron chi connectivity index (χ3n) is 2.52. The quantitative estimate of drug-likeness (QED) is 0.451. The average molecular weight is 237 g/mol. The highest BCUT2D eigenvalue weighted by Gasteiger charge is 2.28. The van der Waals surface area contributed by atoms with Crippen LogP contribution in [0.25, 0.3) is 0 Å². The molecule has 0 atom stereocenters. The summed E-state index contributed by atoms with van der Waals surface area (Å²) in [5.74, 6) is -0.672. The Hall–Kier alpha value is -1.95. The van der Waals surface area contributed by atoms with E-state index < -0.39 is 10.9 Å². The first-order valence-corrected chi connectivity index (χ1v) is 5.12. The molecule has 0 amide bonds. The van der Waals surface area contributed by atoms with Crippen LogP contribution < -0.4 is 0 Å². The lowest BCUT2D eigenvalue weighted by Crippen LogP contribution is -2.37. The smallest absolute Gasteiger partial charge is 0.345 e. The number of para-hydroxylation sites is 1. The van der Waals surface area contributed by atoms with Gasteiger partial charge in [0.05, 0.1) is 18.1 Å². The lowest BCUT2D eigenvalue weighted by atomic mass is 10.1. The highest BCUT2D eigenvalue weighted by atomic mass is 16.6. The highest BCUT2D eigenvalue weighted by Crippen LogP contribution is 2.24. The molecule has 1 aliphatic heterocycles. The molecule has 1 aliphatic rings. The maximum Gasteiger partial charge on any atom is 0.345 e. The van der Waals surface area contributed by atoms with Gasteiger partial charge in [-0.1, -0.05) is 12.1 Å². The van der Waals surface area contributed by atoms with E-state index in [4.69, 9.17) is 9.47 Å². The normalized spacial score (nSPS) is 15.1. The molecule has 1 aromatic carbocycles. The molecule has 0 N–H and O–H groups in total. The van der Waals surface area contributed by atoms with Crippen molar-refractivity contribution < 1.29 is 19.2 Å². The van der Waals surface area contributed by atoms with Gasteiger partial charge in [-0.3, -0.25) is 10.1 Å². The van der Waals surface area contributed by atoms with Gasteiger partial charge in [0.25, 0.3) is 5.69 Å². The van der Waals surface area contributed by atoms with Crippen molar-refractivity contribution in [1.29, 1.82) is 0 Å². The van der Waals surface area contributed by atoms with Crippen LogP contribution >= 0.6 is 0 Å². The predicted octanol–water partition coefficient (Wildman–Crippen LogP) is 1.46. The largest absolute Gasteiger partial charge is 0.454 e. The summed E-state index contributed by atoms with van der Waals surface area (Å²) in [4.78, 5) is 22.1. The number of carbonyl (C=O) groups excluding carboxylic acids is 1. The lowest BCUT2D eigenvalue weighted by Gasteiger charge is -2.25. The zero-order valence-electron chi connectivity index (χ0n) is 9.21. The monoisotopic (exact) mass is 237 g/mol. The number of hydrogen-bond donors (Lipinski definition) is 0. The second kappa shape index (κ2) is 4.50. The Morgan fingerprint density at radius 1 is 1.53 bits per heavy atom. The summed E-state index contributed by atoms with van der Waals surface area (Å²) in [5.41, 5.74) is 0.231. The molecule has 0 unspecified atom stereocenters. The summed E-state index contributed by atoms with van der Waals surface area (Å²) < 4.78 is 9.91. The van der Waals surface area contributed by atoms with Crippen molar-refractivity contribution >= 4 is 11.7 Å². The molecule has 6 nitrogen and oxygen atoms in total. The molecule has 0 aliphatic carbocycles. The van der Waals surface area contributed by atoms with E-state index >= 15 is 0 Å². The number of carbonyl (C=O) groups is 1. The van der Waals surface area contributed by atoms with Crippen molar-refractivity contribution in [1.82, 2.24) is 0 Å². The summed E-state index contributed by atoms with van der Waals surface area (Å²) in [6.45, 7) is 2.29. The van der Waals surface area contributed by atoms with Crippen LogP contribution in [0.15, 0.2) is 18.2 Å². The molecule has 6 heteroatoms. The summed E-state index contributed by atoms with van der Waals surface area (Å²) in [5, 5.41) is 10.9. The fraction of sp³-hybridized carbons (Fsp3) is 0.364. The van der Waals surface area contributed by atoms with Gasteiger partial charge >= 0.3 is 5.97 Å². The number of hydrogen-bond acceptors (Lipinski definition) is 5. The van der Waals surface area contributed by atoms with Gasteiger partial charge in [0.2, 0.25) is 0 Å². The van der Waals surface area contributed by atoms with Gasteiger partial charge in [-0.2, -0.15) is 0 Å². The van der Waals surface area contributed by atoms with Crippen molar-refractivity contribution in [2.75, 3.05) is 13.2 Å². The zero-order chi connectivity index (χ0) is 12.4. The van der Waals surface area contributed by atoms with E-state index in [-0.39, 0.29) is 17.4 Å². The second-order valence-corrected chi connectivity index (χ2v) is 3.79. The van der Waals surface area contributed by atoms with Gasteiger partial charge in [-0.05, 0) is 13.0 Å². The van der Waals surface area contributed by atoms with Gasteiger partial charge < -0.3 is 9.47 Å². The van der Waals surface area contributed by atoms with Crippen LogP contribution in [0, 0.1) is 17.0 Å². The fourth-order valence-corrected chi connectivity index (χ4v) is 1.56. The van der Waals surface area contributed by atoms with E-state index in [2.05, 4.69) is 0 Å². The highest BCUT2D eigenvalue weighted by molar-refractivity contribution is 5.94. The minimum atomic E-state index is -0.672. The first kappa shape index (κ1) is 11.5. The van der Waals surface area contributed by atoms with E-state index in [1.807, 2.05) is 0 Å². The zero-order valence-corrected chi connectivity index (χ0v) is 9.21. The van der Waals surface area contributed by atoms with Crippen molar-refractivity contribution in [2.24, 2.45) is 0 Å². The standard InChI is InChI=1S/C11H11NO5/c1-7-3-2-4-9(10(7)12(14)15)11(13)17-8-5-16-6-8/h2-4,8H,5-6H2,1H3. The maximum absolute atomic E-state index is 11.7. The topological polar surface area (TPSA) is 78.7 Å². The van der Waals surface area contributed by atoms with Gasteiger partial charge in [-0.25, -0.2) is 4.79 Å². The summed E-state index contributed by atoms with van der Waals surface area (Å²) >= 11 is 0. The van der Waals surface area contributed by atoms with Crippen LogP contribution in [0.2, 0.25) is 0 Å². The minimum absolute atomic E-state index is 0.0121. The van der Waals surface area contributed by atoms with E-state index in [9.17, 15) is 14.9 Å². The Morgan fingerprint density at radius 2 is 2.24 bits per heavy atom. The van der Waals surface area contributed by atoms with E-state index in [1.54, 1.807) is 19.1 Å². The number of benzene rings is 1. The van der Waals surface area contributed by atoms with Gasteiger partial charge in [0.1, 0.15) is 11.7 Å². The number of esters is 1. The average Bonchev–Trinajstić information content (AvgIpc) is 2.22. The third kappa shape index (κ3) is 2.26. The van der Waals surface area contributed by atoms with Crippen LogP contribution in [-0.4, -0.2) is 30.2 Å². The molecule has 1 aromatic rings. The fourth-order valence-electron chi connectivity index (χ4n) is 1.56. The SMILES string of the molecule is Cc1cccc(C(=O)OC2COC2)c1[N+](=O)[O-]. The van der Waals surface area contributed by atoms with E-state index in [0.717, 1.165) is 0 Å². The van der Waals surface area contributed by atoms with E-state index in [1.165, 1.54) is 6.07 Å². The molecule has 90 valence electrons. The Morgan fingerprint density at radius 3 is 2.76 bits per heavy atom. The number of aryl methyl sites for hydroxylation is 1. The number of ether oxygens (including phenoxy) is 2.